The summed E-state index contributed by atoms with van der Waals surface area (Å²) < 4.78 is 0. The highest BCUT2D eigenvalue weighted by molar-refractivity contribution is 5.77. The van der Waals surface area contributed by atoms with Crippen molar-refractivity contribution >= 4 is 16.7 Å². The van der Waals surface area contributed by atoms with Crippen molar-refractivity contribution in [3.8, 4) is 0 Å². The third-order valence-electron chi connectivity index (χ3n) is 1.50. The lowest BCUT2D eigenvalue weighted by Gasteiger charge is -1.87. The minimum Gasteiger partial charge on any atom is -0.399 e. The van der Waals surface area contributed by atoms with E-state index in [0.29, 0.717) is 0 Å². The van der Waals surface area contributed by atoms with Gasteiger partial charge in [0.25, 0.3) is 0 Å². The molecule has 0 aliphatic rings. The summed E-state index contributed by atoms with van der Waals surface area (Å²) in [4.78, 5) is 1.53. The largest absolute Gasteiger partial charge is 0.399 e. The van der Waals surface area contributed by atoms with E-state index in [2.05, 4.69) is 10.2 Å². The van der Waals surface area contributed by atoms with E-state index >= 15 is 0 Å². The number of hydrogen-bond donors (Lipinski definition) is 1. The Labute approximate surface area is 63.6 Å². The summed E-state index contributed by atoms with van der Waals surface area (Å²) in [6, 6.07) is 5.48. The number of aryl methyl sites for hydroxylation is 1. The fourth-order valence-corrected chi connectivity index (χ4v) is 1.04. The fraction of sp³-hybridized carbons (Fsp3) is 0.143. The predicted molar refractivity (Wildman–Crippen MR) is 42.9 cm³/mol. The van der Waals surface area contributed by atoms with Crippen LogP contribution in [0.3, 0.4) is 0 Å². The van der Waals surface area contributed by atoms with Crippen molar-refractivity contribution < 1.29 is 0 Å². The maximum absolute atomic E-state index is 5.56. The topological polar surface area (TPSA) is 56.7 Å². The zero-order valence-electron chi connectivity index (χ0n) is 6.15. The van der Waals surface area contributed by atoms with E-state index in [1.165, 1.54) is 4.80 Å². The Morgan fingerprint density at radius 2 is 2.00 bits per heavy atom. The normalized spacial score (nSPS) is 10.6. The zero-order valence-corrected chi connectivity index (χ0v) is 6.15. The van der Waals surface area contributed by atoms with E-state index in [0.717, 1.165) is 16.7 Å². The Balaban J connectivity index is 2.82. The van der Waals surface area contributed by atoms with Gasteiger partial charge in [0.1, 0.15) is 11.0 Å². The van der Waals surface area contributed by atoms with E-state index in [1.54, 1.807) is 7.05 Å². The molecule has 4 heteroatoms. The molecular formula is C7H8N4. The van der Waals surface area contributed by atoms with Crippen LogP contribution in [0, 0.1) is 0 Å². The first-order chi connectivity index (χ1) is 5.25. The highest BCUT2D eigenvalue weighted by Gasteiger charge is 1.98. The SMILES string of the molecule is Cn1nc2ccc(N)cc2n1. The summed E-state index contributed by atoms with van der Waals surface area (Å²) in [5.41, 5.74) is 7.99. The smallest absolute Gasteiger partial charge is 0.115 e. The van der Waals surface area contributed by atoms with Gasteiger partial charge in [-0.15, -0.1) is 0 Å². The maximum Gasteiger partial charge on any atom is 0.115 e. The summed E-state index contributed by atoms with van der Waals surface area (Å²) in [7, 11) is 1.79. The summed E-state index contributed by atoms with van der Waals surface area (Å²) in [6.45, 7) is 0. The Hall–Kier alpha value is -1.58. The van der Waals surface area contributed by atoms with Gasteiger partial charge in [-0.25, -0.2) is 0 Å². The molecule has 2 rings (SSSR count). The van der Waals surface area contributed by atoms with Crippen LogP contribution in [0.1, 0.15) is 0 Å². The molecule has 0 saturated heterocycles. The number of rotatable bonds is 0. The highest BCUT2D eigenvalue weighted by Crippen LogP contribution is 2.11. The molecule has 11 heavy (non-hydrogen) atoms. The van der Waals surface area contributed by atoms with Gasteiger partial charge in [-0.05, 0) is 18.2 Å². The number of nitrogen functional groups attached to an aromatic ring is 1. The summed E-state index contributed by atoms with van der Waals surface area (Å²) in [5, 5.41) is 8.20. The Morgan fingerprint density at radius 3 is 2.82 bits per heavy atom. The molecule has 56 valence electrons. The molecule has 2 N–H and O–H groups in total. The summed E-state index contributed by atoms with van der Waals surface area (Å²) >= 11 is 0. The van der Waals surface area contributed by atoms with Gasteiger partial charge in [-0.1, -0.05) is 0 Å². The second kappa shape index (κ2) is 1.95. The molecule has 2 aromatic rings. The van der Waals surface area contributed by atoms with Crippen molar-refractivity contribution in [2.75, 3.05) is 5.73 Å². The van der Waals surface area contributed by atoms with Crippen LogP contribution in [0.25, 0.3) is 11.0 Å². The van der Waals surface area contributed by atoms with Gasteiger partial charge in [0, 0.05) is 12.7 Å². The molecule has 1 aromatic carbocycles. The number of hydrogen-bond acceptors (Lipinski definition) is 3. The molecule has 4 nitrogen and oxygen atoms in total. The van der Waals surface area contributed by atoms with Gasteiger partial charge in [-0.3, -0.25) is 0 Å². The standard InChI is InChI=1S/C7H8N4/c1-11-9-6-3-2-5(8)4-7(6)10-11/h2-4H,8H2,1H3. The van der Waals surface area contributed by atoms with Gasteiger partial charge in [-0.2, -0.15) is 15.0 Å². The number of benzene rings is 1. The van der Waals surface area contributed by atoms with E-state index in [9.17, 15) is 0 Å². The van der Waals surface area contributed by atoms with E-state index < -0.39 is 0 Å². The molecule has 0 spiro atoms. The average Bonchev–Trinajstić information content (AvgIpc) is 2.27. The van der Waals surface area contributed by atoms with Gasteiger partial charge < -0.3 is 5.73 Å². The van der Waals surface area contributed by atoms with Crippen molar-refractivity contribution in [3.05, 3.63) is 18.2 Å². The first-order valence-electron chi connectivity index (χ1n) is 3.32. The first-order valence-corrected chi connectivity index (χ1v) is 3.32. The van der Waals surface area contributed by atoms with Crippen LogP contribution in [0.4, 0.5) is 5.69 Å². The van der Waals surface area contributed by atoms with Crippen LogP contribution < -0.4 is 5.73 Å². The van der Waals surface area contributed by atoms with Crippen molar-refractivity contribution in [2.45, 2.75) is 0 Å². The van der Waals surface area contributed by atoms with E-state index in [4.69, 9.17) is 5.73 Å². The highest BCUT2D eigenvalue weighted by atomic mass is 15.4. The van der Waals surface area contributed by atoms with E-state index in [-0.39, 0.29) is 0 Å². The second-order valence-electron chi connectivity index (χ2n) is 2.44. The summed E-state index contributed by atoms with van der Waals surface area (Å²) in [5.74, 6) is 0. The zero-order chi connectivity index (χ0) is 7.84. The Bertz CT molecular complexity index is 390. The fourth-order valence-electron chi connectivity index (χ4n) is 1.04. The average molecular weight is 148 g/mol. The van der Waals surface area contributed by atoms with Crippen molar-refractivity contribution in [1.82, 2.24) is 15.0 Å². The third-order valence-corrected chi connectivity index (χ3v) is 1.50. The predicted octanol–water partition coefficient (Wildman–Crippen LogP) is 0.551. The molecule has 0 fully saturated rings. The maximum atomic E-state index is 5.56. The molecule has 0 aliphatic carbocycles. The molecule has 1 heterocycles. The van der Waals surface area contributed by atoms with Crippen molar-refractivity contribution in [3.63, 3.8) is 0 Å². The molecule has 0 bridgehead atoms. The number of aromatic nitrogens is 3. The number of anilines is 1. The Morgan fingerprint density at radius 1 is 1.27 bits per heavy atom. The minimum atomic E-state index is 0.720. The lowest BCUT2D eigenvalue weighted by atomic mass is 10.3. The monoisotopic (exact) mass is 148 g/mol. The van der Waals surface area contributed by atoms with Crippen molar-refractivity contribution in [2.24, 2.45) is 7.05 Å². The second-order valence-corrected chi connectivity index (χ2v) is 2.44. The summed E-state index contributed by atoms with van der Waals surface area (Å²) in [6.07, 6.45) is 0. The Kier molecular flexibility index (Phi) is 1.09. The van der Waals surface area contributed by atoms with Crippen LogP contribution in [-0.2, 0) is 7.05 Å². The van der Waals surface area contributed by atoms with Crippen LogP contribution in [0.5, 0.6) is 0 Å². The molecular weight excluding hydrogens is 140 g/mol. The molecule has 0 atom stereocenters. The van der Waals surface area contributed by atoms with E-state index in [1.807, 2.05) is 18.2 Å². The van der Waals surface area contributed by atoms with Crippen molar-refractivity contribution in [1.29, 1.82) is 0 Å². The van der Waals surface area contributed by atoms with Gasteiger partial charge in [0.2, 0.25) is 0 Å². The van der Waals surface area contributed by atoms with Crippen LogP contribution >= 0.6 is 0 Å². The number of nitrogens with two attached hydrogens (primary N) is 1. The lowest BCUT2D eigenvalue weighted by molar-refractivity contribution is 0.665. The molecule has 0 radical (unpaired) electrons. The van der Waals surface area contributed by atoms with Crippen LogP contribution in [-0.4, -0.2) is 15.0 Å². The quantitative estimate of drug-likeness (QED) is 0.555. The first kappa shape index (κ1) is 6.15. The lowest BCUT2D eigenvalue weighted by Crippen LogP contribution is -1.90. The molecule has 1 aromatic heterocycles. The molecule has 0 saturated carbocycles. The third kappa shape index (κ3) is 0.920. The molecule has 0 aliphatic heterocycles. The molecule has 0 unspecified atom stereocenters. The van der Waals surface area contributed by atoms with Gasteiger partial charge in [0.15, 0.2) is 0 Å². The van der Waals surface area contributed by atoms with Gasteiger partial charge >= 0.3 is 0 Å². The van der Waals surface area contributed by atoms with Gasteiger partial charge in [0.05, 0.1) is 0 Å². The number of nitrogens with zero attached hydrogens (tertiary/aromatic N) is 3. The minimum absolute atomic E-state index is 0.720. The van der Waals surface area contributed by atoms with Crippen LogP contribution in [0.2, 0.25) is 0 Å². The number of fused-ring (bicyclic) bond motifs is 1. The van der Waals surface area contributed by atoms with Crippen LogP contribution in [0.15, 0.2) is 18.2 Å². The molecule has 0 amide bonds.